The van der Waals surface area contributed by atoms with E-state index in [1.54, 1.807) is 0 Å². The van der Waals surface area contributed by atoms with Crippen molar-refractivity contribution < 1.29 is 24.8 Å². The Bertz CT molecular complexity index is 899. The standard InChI is InChI=1S/C30H50O5/c1-23(2)19-10-12-25(5)20(28(19)15-17-30(23,33)34-18-28)8-9-21-26(25,6)14-16-29(21,32)27(7)13-11-22(35-27)24(3,4)31/h19-22,31-33H,8-18H2,1-7H3/t19?,20?,21?,22-,25+,26+,27-,28?,29+,30-/m0/s1. The maximum atomic E-state index is 12.5. The fourth-order valence-electron chi connectivity index (χ4n) is 11.5. The van der Waals surface area contributed by atoms with Crippen LogP contribution in [0.5, 0.6) is 0 Å². The van der Waals surface area contributed by atoms with Crippen LogP contribution in [0.1, 0.15) is 113 Å². The van der Waals surface area contributed by atoms with Gasteiger partial charge in [0.25, 0.3) is 0 Å². The predicted octanol–water partition coefficient (Wildman–Crippen LogP) is 5.19. The molecule has 0 aromatic rings. The highest BCUT2D eigenvalue weighted by molar-refractivity contribution is 5.24. The molecular weight excluding hydrogens is 440 g/mol. The van der Waals surface area contributed by atoms with E-state index in [0.717, 1.165) is 64.2 Å². The predicted molar refractivity (Wildman–Crippen MR) is 134 cm³/mol. The third kappa shape index (κ3) is 2.73. The van der Waals surface area contributed by atoms with Crippen molar-refractivity contribution in [3.8, 4) is 0 Å². The van der Waals surface area contributed by atoms with Crippen LogP contribution in [0.25, 0.3) is 0 Å². The second-order valence-electron chi connectivity index (χ2n) is 15.6. The molecule has 0 aromatic heterocycles. The maximum Gasteiger partial charge on any atom is 0.170 e. The minimum Gasteiger partial charge on any atom is -0.388 e. The van der Waals surface area contributed by atoms with Gasteiger partial charge in [0.15, 0.2) is 5.79 Å². The Kier molecular flexibility index (Phi) is 4.92. The number of aliphatic hydroxyl groups is 3. The average Bonchev–Trinajstić information content (AvgIpc) is 3.31. The van der Waals surface area contributed by atoms with Crippen LogP contribution >= 0.6 is 0 Å². The molecule has 3 N–H and O–H groups in total. The van der Waals surface area contributed by atoms with Crippen molar-refractivity contribution in [1.82, 2.24) is 0 Å². The lowest BCUT2D eigenvalue weighted by Gasteiger charge is -2.74. The summed E-state index contributed by atoms with van der Waals surface area (Å²) in [6.07, 6.45) is 9.45. The Morgan fingerprint density at radius 1 is 0.714 bits per heavy atom. The third-order valence-corrected chi connectivity index (χ3v) is 13.9. The first-order valence-electron chi connectivity index (χ1n) is 14.5. The second kappa shape index (κ2) is 6.86. The Balaban J connectivity index is 1.35. The van der Waals surface area contributed by atoms with E-state index in [4.69, 9.17) is 9.47 Å². The topological polar surface area (TPSA) is 79.2 Å². The summed E-state index contributed by atoms with van der Waals surface area (Å²) in [6, 6.07) is 0. The summed E-state index contributed by atoms with van der Waals surface area (Å²) in [5.41, 5.74) is -2.29. The fourth-order valence-corrected chi connectivity index (χ4v) is 11.5. The highest BCUT2D eigenvalue weighted by Gasteiger charge is 2.77. The minimum atomic E-state index is -0.979. The van der Waals surface area contributed by atoms with Crippen molar-refractivity contribution in [1.29, 1.82) is 0 Å². The highest BCUT2D eigenvalue weighted by atomic mass is 16.6. The molecule has 35 heavy (non-hydrogen) atoms. The zero-order valence-corrected chi connectivity index (χ0v) is 23.2. The fraction of sp³-hybridized carbons (Fsp3) is 1.00. The summed E-state index contributed by atoms with van der Waals surface area (Å²) >= 11 is 0. The van der Waals surface area contributed by atoms with E-state index in [2.05, 4.69) is 34.6 Å². The molecule has 4 unspecified atom stereocenters. The van der Waals surface area contributed by atoms with Crippen molar-refractivity contribution >= 4 is 0 Å². The lowest BCUT2D eigenvalue weighted by atomic mass is 9.34. The molecule has 2 bridgehead atoms. The molecule has 4 aliphatic carbocycles. The first-order chi connectivity index (χ1) is 16.0. The van der Waals surface area contributed by atoms with Crippen LogP contribution in [-0.4, -0.2) is 50.6 Å². The summed E-state index contributed by atoms with van der Waals surface area (Å²) < 4.78 is 12.9. The minimum absolute atomic E-state index is 0.0406. The summed E-state index contributed by atoms with van der Waals surface area (Å²) in [7, 11) is 0. The zero-order valence-electron chi connectivity index (χ0n) is 23.2. The van der Waals surface area contributed by atoms with Gasteiger partial charge in [-0.3, -0.25) is 0 Å². The van der Waals surface area contributed by atoms with Gasteiger partial charge in [0.2, 0.25) is 0 Å². The van der Waals surface area contributed by atoms with Crippen LogP contribution in [0.3, 0.4) is 0 Å². The number of fused-ring (bicyclic) bond motifs is 5. The van der Waals surface area contributed by atoms with E-state index in [1.165, 1.54) is 0 Å². The normalized spacial score (nSPS) is 59.1. The van der Waals surface area contributed by atoms with Crippen LogP contribution < -0.4 is 0 Å². The molecule has 0 aromatic carbocycles. The van der Waals surface area contributed by atoms with E-state index in [9.17, 15) is 15.3 Å². The van der Waals surface area contributed by atoms with Gasteiger partial charge in [-0.2, -0.15) is 0 Å². The molecule has 7 aliphatic rings. The molecule has 5 nitrogen and oxygen atoms in total. The molecule has 3 aliphatic heterocycles. The number of ether oxygens (including phenoxy) is 2. The van der Waals surface area contributed by atoms with Crippen molar-refractivity contribution in [2.75, 3.05) is 6.61 Å². The van der Waals surface area contributed by atoms with Gasteiger partial charge in [0, 0.05) is 17.3 Å². The van der Waals surface area contributed by atoms with Crippen LogP contribution in [0, 0.1) is 39.4 Å². The highest BCUT2D eigenvalue weighted by Crippen LogP contribution is 2.78. The first kappa shape index (κ1) is 25.1. The molecule has 200 valence electrons. The number of hydrogen-bond acceptors (Lipinski definition) is 5. The lowest BCUT2D eigenvalue weighted by molar-refractivity contribution is -0.399. The third-order valence-electron chi connectivity index (χ3n) is 13.9. The van der Waals surface area contributed by atoms with E-state index < -0.39 is 22.6 Å². The van der Waals surface area contributed by atoms with Gasteiger partial charge in [-0.25, -0.2) is 0 Å². The molecule has 0 radical (unpaired) electrons. The van der Waals surface area contributed by atoms with Gasteiger partial charge in [0.1, 0.15) is 0 Å². The summed E-state index contributed by atoms with van der Waals surface area (Å²) in [5, 5.41) is 34.5. The van der Waals surface area contributed by atoms with Gasteiger partial charge in [-0.15, -0.1) is 0 Å². The van der Waals surface area contributed by atoms with Crippen molar-refractivity contribution in [2.24, 2.45) is 39.4 Å². The van der Waals surface area contributed by atoms with E-state index >= 15 is 0 Å². The molecule has 4 saturated carbocycles. The van der Waals surface area contributed by atoms with Gasteiger partial charge >= 0.3 is 0 Å². The molecule has 7 rings (SSSR count). The van der Waals surface area contributed by atoms with Gasteiger partial charge < -0.3 is 24.8 Å². The smallest absolute Gasteiger partial charge is 0.170 e. The quantitative estimate of drug-likeness (QED) is 0.496. The molecule has 7 fully saturated rings. The number of rotatable bonds is 2. The molecule has 3 heterocycles. The summed E-state index contributed by atoms with van der Waals surface area (Å²) in [6.45, 7) is 16.0. The Hall–Kier alpha value is -0.200. The molecule has 5 heteroatoms. The van der Waals surface area contributed by atoms with E-state index in [-0.39, 0.29) is 33.7 Å². The largest absolute Gasteiger partial charge is 0.388 e. The first-order valence-corrected chi connectivity index (χ1v) is 14.5. The lowest BCUT2D eigenvalue weighted by Crippen LogP contribution is -2.73. The number of hydrogen-bond donors (Lipinski definition) is 3. The Morgan fingerprint density at radius 2 is 1.37 bits per heavy atom. The molecule has 3 saturated heterocycles. The molecule has 0 amide bonds. The van der Waals surface area contributed by atoms with Crippen LogP contribution in [0.15, 0.2) is 0 Å². The SMILES string of the molecule is CC(C)(O)[C@@H]1CC[C@@](C)([C@@]2(O)CC[C@]3(C)C2CCC2C45CC[C@](O)(OC4)C(C)(C)C5CC[C@]23C)O1. The average molecular weight is 491 g/mol. The van der Waals surface area contributed by atoms with E-state index in [1.807, 2.05) is 13.8 Å². The summed E-state index contributed by atoms with van der Waals surface area (Å²) in [4.78, 5) is 0. The van der Waals surface area contributed by atoms with Crippen LogP contribution in [0.4, 0.5) is 0 Å². The monoisotopic (exact) mass is 490 g/mol. The zero-order chi connectivity index (χ0) is 25.5. The molecule has 1 spiro atoms. The second-order valence-corrected chi connectivity index (χ2v) is 15.6. The van der Waals surface area contributed by atoms with Crippen molar-refractivity contribution in [3.63, 3.8) is 0 Å². The van der Waals surface area contributed by atoms with Crippen LogP contribution in [0.2, 0.25) is 0 Å². The van der Waals surface area contributed by atoms with E-state index in [0.29, 0.717) is 18.4 Å². The summed E-state index contributed by atoms with van der Waals surface area (Å²) in [5.74, 6) is 0.271. The Labute approximate surface area is 212 Å². The van der Waals surface area contributed by atoms with Crippen molar-refractivity contribution in [2.45, 2.75) is 141 Å². The molecular formula is C30H50O5. The Morgan fingerprint density at radius 3 is 1.97 bits per heavy atom. The van der Waals surface area contributed by atoms with Gasteiger partial charge in [-0.05, 0) is 107 Å². The maximum absolute atomic E-state index is 12.5. The van der Waals surface area contributed by atoms with Gasteiger partial charge in [0.05, 0.1) is 29.5 Å². The van der Waals surface area contributed by atoms with Gasteiger partial charge in [-0.1, -0.05) is 27.7 Å². The van der Waals surface area contributed by atoms with Crippen molar-refractivity contribution in [3.05, 3.63) is 0 Å². The molecule has 10 atom stereocenters. The van der Waals surface area contributed by atoms with Crippen LogP contribution in [-0.2, 0) is 9.47 Å².